The van der Waals surface area contributed by atoms with Crippen molar-refractivity contribution in [3.63, 3.8) is 0 Å². The number of hydrogen-bond donors (Lipinski definition) is 0. The third-order valence-corrected chi connectivity index (χ3v) is 5.46. The molecular weight excluding hydrogens is 424 g/mol. The monoisotopic (exact) mass is 442 g/mol. The molecule has 1 heterocycles. The third-order valence-electron chi connectivity index (χ3n) is 4.77. The highest BCUT2D eigenvalue weighted by Crippen LogP contribution is 2.44. The maximum Gasteiger partial charge on any atom is 0.292 e. The summed E-state index contributed by atoms with van der Waals surface area (Å²) in [5, 5.41) is 0. The maximum atomic E-state index is 13.1. The van der Waals surface area contributed by atoms with Crippen molar-refractivity contribution in [3.8, 4) is 12.3 Å². The van der Waals surface area contributed by atoms with E-state index in [0.29, 0.717) is 27.0 Å². The molecule has 0 saturated heterocycles. The van der Waals surface area contributed by atoms with Gasteiger partial charge in [0.05, 0.1) is 17.8 Å². The van der Waals surface area contributed by atoms with Crippen LogP contribution >= 0.6 is 15.9 Å². The number of likely N-dealkylation sites (N-methyl/N-ethyl adjacent to an activating group) is 1. The summed E-state index contributed by atoms with van der Waals surface area (Å²) in [6.07, 6.45) is 5.52. The van der Waals surface area contributed by atoms with E-state index in [4.69, 9.17) is 15.9 Å². The van der Waals surface area contributed by atoms with Crippen molar-refractivity contribution in [1.29, 1.82) is 0 Å². The van der Waals surface area contributed by atoms with Gasteiger partial charge in [-0.3, -0.25) is 14.5 Å². The first-order valence-electron chi connectivity index (χ1n) is 8.44. The molecule has 1 aliphatic rings. The van der Waals surface area contributed by atoms with E-state index in [2.05, 4.69) is 21.9 Å². The van der Waals surface area contributed by atoms with Crippen molar-refractivity contribution in [2.45, 2.75) is 5.79 Å². The molecule has 2 aromatic carbocycles. The van der Waals surface area contributed by atoms with Crippen LogP contribution in [0.5, 0.6) is 0 Å². The first-order chi connectivity index (χ1) is 13.4. The van der Waals surface area contributed by atoms with Gasteiger partial charge in [0.2, 0.25) is 0 Å². The summed E-state index contributed by atoms with van der Waals surface area (Å²) in [4.78, 5) is 28.8. The lowest BCUT2D eigenvalue weighted by Crippen LogP contribution is -2.41. The Morgan fingerprint density at radius 2 is 1.93 bits per heavy atom. The molecule has 0 spiro atoms. The van der Waals surface area contributed by atoms with Gasteiger partial charge in [-0.2, -0.15) is 0 Å². The van der Waals surface area contributed by atoms with Gasteiger partial charge in [0, 0.05) is 37.0 Å². The van der Waals surface area contributed by atoms with Gasteiger partial charge < -0.3 is 14.4 Å². The molecule has 6 nitrogen and oxygen atoms in total. The molecule has 0 unspecified atom stereocenters. The van der Waals surface area contributed by atoms with Gasteiger partial charge in [0.25, 0.3) is 17.6 Å². The quantitative estimate of drug-likeness (QED) is 0.527. The van der Waals surface area contributed by atoms with E-state index >= 15 is 0 Å². The minimum atomic E-state index is -1.56. The van der Waals surface area contributed by atoms with E-state index in [9.17, 15) is 9.59 Å². The number of amides is 2. The molecule has 1 aliphatic heterocycles. The van der Waals surface area contributed by atoms with E-state index in [1.165, 1.54) is 24.0 Å². The highest BCUT2D eigenvalue weighted by atomic mass is 79.9. The van der Waals surface area contributed by atoms with Crippen molar-refractivity contribution in [2.24, 2.45) is 0 Å². The van der Waals surface area contributed by atoms with E-state index in [-0.39, 0.29) is 18.4 Å². The zero-order chi connectivity index (χ0) is 20.5. The molecule has 0 bridgehead atoms. The van der Waals surface area contributed by atoms with Crippen LogP contribution < -0.4 is 9.80 Å². The number of carbonyl (C=O) groups excluding carboxylic acids is 2. The van der Waals surface area contributed by atoms with Crippen LogP contribution in [0.4, 0.5) is 11.4 Å². The molecule has 0 fully saturated rings. The van der Waals surface area contributed by atoms with Gasteiger partial charge in [0.1, 0.15) is 0 Å². The molecular formula is C21H19BrN2O4. The number of benzene rings is 2. The van der Waals surface area contributed by atoms with Gasteiger partial charge in [-0.05, 0) is 46.3 Å². The Balaban J connectivity index is 2.11. The number of nitrogens with zero attached hydrogens (tertiary/aromatic N) is 2. The molecule has 2 aromatic rings. The molecule has 0 aliphatic carbocycles. The molecule has 0 atom stereocenters. The highest BCUT2D eigenvalue weighted by molar-refractivity contribution is 9.10. The normalized spacial score (nSPS) is 14.5. The van der Waals surface area contributed by atoms with Crippen LogP contribution in [0.25, 0.3) is 0 Å². The number of fused-ring (bicyclic) bond motifs is 1. The maximum absolute atomic E-state index is 13.1. The average Bonchev–Trinajstić information content (AvgIpc) is 2.93. The van der Waals surface area contributed by atoms with Crippen LogP contribution in [-0.2, 0) is 20.1 Å². The van der Waals surface area contributed by atoms with Gasteiger partial charge in [-0.25, -0.2) is 0 Å². The van der Waals surface area contributed by atoms with Crippen LogP contribution in [0.3, 0.4) is 0 Å². The van der Waals surface area contributed by atoms with E-state index < -0.39 is 5.79 Å². The first kappa shape index (κ1) is 20.1. The van der Waals surface area contributed by atoms with Gasteiger partial charge in [-0.1, -0.05) is 18.1 Å². The number of ether oxygens (including phenoxy) is 2. The minimum absolute atomic E-state index is 0.0652. The number of methoxy groups -OCH3 is 2. The molecule has 7 heteroatoms. The standard InChI is InChI=1S/C21H19BrN2O4/c1-5-12-24(19(25)15-8-6-7-9-17(15)22)14-10-11-18-16(13-14)21(27-3,28-4)20(26)23(18)2/h1,6-11,13H,12H2,2-4H3. The number of halogens is 1. The lowest BCUT2D eigenvalue weighted by Gasteiger charge is -2.26. The highest BCUT2D eigenvalue weighted by Gasteiger charge is 2.51. The number of hydrogen-bond acceptors (Lipinski definition) is 4. The summed E-state index contributed by atoms with van der Waals surface area (Å²) in [7, 11) is 4.46. The summed E-state index contributed by atoms with van der Waals surface area (Å²) < 4.78 is 11.6. The predicted octanol–water partition coefficient (Wildman–Crippen LogP) is 3.15. The van der Waals surface area contributed by atoms with Crippen LogP contribution in [0.15, 0.2) is 46.9 Å². The zero-order valence-electron chi connectivity index (χ0n) is 15.7. The number of anilines is 2. The molecule has 3 rings (SSSR count). The topological polar surface area (TPSA) is 59.1 Å². The van der Waals surface area contributed by atoms with Crippen LogP contribution in [0.2, 0.25) is 0 Å². The molecule has 0 N–H and O–H groups in total. The minimum Gasteiger partial charge on any atom is -0.342 e. The SMILES string of the molecule is C#CCN(C(=O)c1ccccc1Br)c1ccc2c(c1)C(OC)(OC)C(=O)N2C. The summed E-state index contributed by atoms with van der Waals surface area (Å²) in [5.41, 5.74) is 2.19. The fourth-order valence-corrected chi connectivity index (χ4v) is 3.78. The molecule has 2 amide bonds. The summed E-state index contributed by atoms with van der Waals surface area (Å²) in [5.74, 6) is 0.360. The predicted molar refractivity (Wildman–Crippen MR) is 110 cm³/mol. The zero-order valence-corrected chi connectivity index (χ0v) is 17.3. The Bertz CT molecular complexity index is 979. The molecule has 0 aromatic heterocycles. The van der Waals surface area contributed by atoms with E-state index in [1.807, 2.05) is 6.07 Å². The Morgan fingerprint density at radius 1 is 1.25 bits per heavy atom. The Labute approximate surface area is 172 Å². The van der Waals surface area contributed by atoms with Crippen molar-refractivity contribution in [2.75, 3.05) is 37.6 Å². The van der Waals surface area contributed by atoms with Crippen LogP contribution in [-0.4, -0.2) is 39.6 Å². The molecule has 144 valence electrons. The lowest BCUT2D eigenvalue weighted by atomic mass is 10.0. The average molecular weight is 443 g/mol. The second kappa shape index (κ2) is 7.76. The van der Waals surface area contributed by atoms with Gasteiger partial charge in [0.15, 0.2) is 0 Å². The summed E-state index contributed by atoms with van der Waals surface area (Å²) in [6, 6.07) is 12.3. The summed E-state index contributed by atoms with van der Waals surface area (Å²) in [6.45, 7) is 0.0652. The fraction of sp³-hybridized carbons (Fsp3) is 0.238. The Hall–Kier alpha value is -2.66. The smallest absolute Gasteiger partial charge is 0.292 e. The third kappa shape index (κ3) is 3.00. The van der Waals surface area contributed by atoms with Crippen molar-refractivity contribution in [3.05, 3.63) is 58.1 Å². The van der Waals surface area contributed by atoms with Crippen molar-refractivity contribution < 1.29 is 19.1 Å². The fourth-order valence-electron chi connectivity index (χ4n) is 3.32. The van der Waals surface area contributed by atoms with Gasteiger partial charge in [-0.15, -0.1) is 6.42 Å². The van der Waals surface area contributed by atoms with Gasteiger partial charge >= 0.3 is 0 Å². The molecule has 0 saturated carbocycles. The van der Waals surface area contributed by atoms with Crippen molar-refractivity contribution in [1.82, 2.24) is 0 Å². The lowest BCUT2D eigenvalue weighted by molar-refractivity contribution is -0.208. The molecule has 0 radical (unpaired) electrons. The first-order valence-corrected chi connectivity index (χ1v) is 9.23. The van der Waals surface area contributed by atoms with Crippen molar-refractivity contribution >= 4 is 39.1 Å². The second-order valence-corrected chi connectivity index (χ2v) is 7.02. The van der Waals surface area contributed by atoms with E-state index in [1.54, 1.807) is 43.4 Å². The Kier molecular flexibility index (Phi) is 5.57. The number of rotatable bonds is 5. The van der Waals surface area contributed by atoms with Crippen LogP contribution in [0, 0.1) is 12.3 Å². The molecule has 28 heavy (non-hydrogen) atoms. The largest absolute Gasteiger partial charge is 0.342 e. The number of carbonyl (C=O) groups is 2. The van der Waals surface area contributed by atoms with E-state index in [0.717, 1.165) is 0 Å². The second-order valence-electron chi connectivity index (χ2n) is 6.17. The van der Waals surface area contributed by atoms with Crippen LogP contribution in [0.1, 0.15) is 15.9 Å². The Morgan fingerprint density at radius 3 is 2.54 bits per heavy atom. The number of terminal acetylenes is 1. The summed E-state index contributed by atoms with van der Waals surface area (Å²) >= 11 is 3.40.